The second-order valence-electron chi connectivity index (χ2n) is 5.52. The van der Waals surface area contributed by atoms with Gasteiger partial charge in [0.25, 0.3) is 0 Å². The first-order valence-electron chi connectivity index (χ1n) is 7.17. The summed E-state index contributed by atoms with van der Waals surface area (Å²) in [6, 6.07) is -0.0712. The fraction of sp³-hybridized carbons (Fsp3) is 0.846. The maximum absolute atomic E-state index is 12.3. The highest BCUT2D eigenvalue weighted by Gasteiger charge is 2.34. The third-order valence-electron chi connectivity index (χ3n) is 3.37. The minimum atomic E-state index is -4.17. The van der Waals surface area contributed by atoms with Crippen molar-refractivity contribution < 1.29 is 18.0 Å². The molecular formula is C13H25F3IN5O. The van der Waals surface area contributed by atoms with Crippen LogP contribution in [0.4, 0.5) is 13.2 Å². The van der Waals surface area contributed by atoms with E-state index in [0.717, 1.165) is 0 Å². The van der Waals surface area contributed by atoms with Gasteiger partial charge in [-0.2, -0.15) is 13.2 Å². The number of carbonyl (C=O) groups excluding carboxylic acids is 1. The van der Waals surface area contributed by atoms with Gasteiger partial charge in [0.1, 0.15) is 0 Å². The first kappa shape index (κ1) is 22.2. The third-order valence-corrected chi connectivity index (χ3v) is 3.37. The van der Waals surface area contributed by atoms with Gasteiger partial charge in [0.15, 0.2) is 5.96 Å². The molecule has 23 heavy (non-hydrogen) atoms. The Kier molecular flexibility index (Phi) is 9.82. The van der Waals surface area contributed by atoms with Crippen LogP contribution in [0.3, 0.4) is 0 Å². The van der Waals surface area contributed by atoms with Crippen LogP contribution in [0.25, 0.3) is 0 Å². The average molecular weight is 451 g/mol. The standard InChI is InChI=1S/C13H24F3N5O.HI/c1-17-12(18-6-4-11(22)20(2)3)19-10-5-7-21(8-10)9-13(14,15)16;/h10H,4-9H2,1-3H3,(H2,17,18,19);1H. The summed E-state index contributed by atoms with van der Waals surface area (Å²) in [4.78, 5) is 18.3. The molecule has 1 fully saturated rings. The maximum atomic E-state index is 12.3. The highest BCUT2D eigenvalue weighted by molar-refractivity contribution is 14.0. The summed E-state index contributed by atoms with van der Waals surface area (Å²) in [6.07, 6.45) is -3.20. The predicted octanol–water partition coefficient (Wildman–Crippen LogP) is 0.884. The molecule has 1 aliphatic heterocycles. The fourth-order valence-corrected chi connectivity index (χ4v) is 2.25. The van der Waals surface area contributed by atoms with Crippen molar-refractivity contribution in [2.24, 2.45) is 4.99 Å². The van der Waals surface area contributed by atoms with E-state index in [2.05, 4.69) is 15.6 Å². The first-order valence-corrected chi connectivity index (χ1v) is 7.17. The molecule has 0 aromatic heterocycles. The molecular weight excluding hydrogens is 426 g/mol. The molecule has 1 unspecified atom stereocenters. The number of amides is 1. The highest BCUT2D eigenvalue weighted by Crippen LogP contribution is 2.19. The van der Waals surface area contributed by atoms with Crippen LogP contribution < -0.4 is 10.6 Å². The number of nitrogens with one attached hydrogen (secondary N) is 2. The van der Waals surface area contributed by atoms with E-state index in [-0.39, 0.29) is 35.9 Å². The minimum Gasteiger partial charge on any atom is -0.356 e. The Balaban J connectivity index is 0.00000484. The van der Waals surface area contributed by atoms with Crippen molar-refractivity contribution in [3.05, 3.63) is 0 Å². The number of guanidine groups is 1. The lowest BCUT2D eigenvalue weighted by Gasteiger charge is -2.20. The molecule has 6 nitrogen and oxygen atoms in total. The van der Waals surface area contributed by atoms with E-state index in [9.17, 15) is 18.0 Å². The zero-order chi connectivity index (χ0) is 16.8. The summed E-state index contributed by atoms with van der Waals surface area (Å²) in [5.74, 6) is 0.505. The Morgan fingerprint density at radius 1 is 1.39 bits per heavy atom. The zero-order valence-electron chi connectivity index (χ0n) is 13.6. The predicted molar refractivity (Wildman–Crippen MR) is 94.1 cm³/mol. The second kappa shape index (κ2) is 10.2. The van der Waals surface area contributed by atoms with E-state index >= 15 is 0 Å². The molecule has 0 saturated carbocycles. The minimum absolute atomic E-state index is 0. The molecule has 10 heteroatoms. The van der Waals surface area contributed by atoms with Crippen LogP contribution in [0.2, 0.25) is 0 Å². The van der Waals surface area contributed by atoms with Crippen LogP contribution in [-0.2, 0) is 4.79 Å². The molecule has 0 spiro atoms. The van der Waals surface area contributed by atoms with E-state index in [4.69, 9.17) is 0 Å². The van der Waals surface area contributed by atoms with E-state index in [1.165, 1.54) is 9.80 Å². The van der Waals surface area contributed by atoms with Crippen LogP contribution >= 0.6 is 24.0 Å². The quantitative estimate of drug-likeness (QED) is 0.371. The van der Waals surface area contributed by atoms with Crippen molar-refractivity contribution in [1.29, 1.82) is 0 Å². The Morgan fingerprint density at radius 2 is 2.04 bits per heavy atom. The van der Waals surface area contributed by atoms with Crippen molar-refractivity contribution in [2.75, 3.05) is 47.3 Å². The lowest BCUT2D eigenvalue weighted by atomic mass is 10.3. The molecule has 1 aliphatic rings. The number of hydrogen-bond donors (Lipinski definition) is 2. The molecule has 1 amide bonds. The topological polar surface area (TPSA) is 60.0 Å². The molecule has 0 aromatic rings. The number of nitrogens with zero attached hydrogens (tertiary/aromatic N) is 3. The van der Waals surface area contributed by atoms with E-state index in [0.29, 0.717) is 38.4 Å². The average Bonchev–Trinajstić information content (AvgIpc) is 2.82. The van der Waals surface area contributed by atoms with Crippen LogP contribution in [0.5, 0.6) is 0 Å². The van der Waals surface area contributed by atoms with Gasteiger partial charge in [0, 0.05) is 53.2 Å². The Hall–Kier alpha value is -0.780. The highest BCUT2D eigenvalue weighted by atomic mass is 127. The molecule has 1 heterocycles. The summed E-state index contributed by atoms with van der Waals surface area (Å²) in [6.45, 7) is 0.286. The van der Waals surface area contributed by atoms with Crippen molar-refractivity contribution in [3.63, 3.8) is 0 Å². The molecule has 136 valence electrons. The van der Waals surface area contributed by atoms with E-state index < -0.39 is 12.7 Å². The van der Waals surface area contributed by atoms with Crippen LogP contribution in [0, 0.1) is 0 Å². The lowest BCUT2D eigenvalue weighted by molar-refractivity contribution is -0.143. The van der Waals surface area contributed by atoms with Crippen molar-refractivity contribution >= 4 is 35.8 Å². The third kappa shape index (κ3) is 9.18. The van der Waals surface area contributed by atoms with Gasteiger partial charge in [0.05, 0.1) is 6.54 Å². The SMILES string of the molecule is CN=C(NCCC(=O)N(C)C)NC1CCN(CC(F)(F)F)C1.I. The van der Waals surface area contributed by atoms with E-state index in [1.54, 1.807) is 21.1 Å². The molecule has 0 radical (unpaired) electrons. The first-order chi connectivity index (χ1) is 10.2. The summed E-state index contributed by atoms with van der Waals surface area (Å²) < 4.78 is 37.0. The largest absolute Gasteiger partial charge is 0.401 e. The Labute approximate surface area is 151 Å². The summed E-state index contributed by atoms with van der Waals surface area (Å²) in [5.41, 5.74) is 0. The molecule has 0 aromatic carbocycles. The van der Waals surface area contributed by atoms with Crippen molar-refractivity contribution in [2.45, 2.75) is 25.1 Å². The van der Waals surface area contributed by atoms with Gasteiger partial charge in [0.2, 0.25) is 5.91 Å². The Morgan fingerprint density at radius 3 is 2.57 bits per heavy atom. The van der Waals surface area contributed by atoms with Gasteiger partial charge < -0.3 is 15.5 Å². The normalized spacial score (nSPS) is 19.2. The van der Waals surface area contributed by atoms with Crippen LogP contribution in [0.15, 0.2) is 4.99 Å². The molecule has 1 saturated heterocycles. The number of halogens is 4. The monoisotopic (exact) mass is 451 g/mol. The Bertz CT molecular complexity index is 404. The number of aliphatic imine (C=N–C) groups is 1. The molecule has 0 aliphatic carbocycles. The fourth-order valence-electron chi connectivity index (χ4n) is 2.25. The molecule has 2 N–H and O–H groups in total. The molecule has 1 atom stereocenters. The van der Waals surface area contributed by atoms with Gasteiger partial charge in [-0.3, -0.25) is 14.7 Å². The number of rotatable bonds is 5. The number of carbonyl (C=O) groups is 1. The van der Waals surface area contributed by atoms with Crippen LogP contribution in [-0.4, -0.2) is 81.2 Å². The zero-order valence-corrected chi connectivity index (χ0v) is 15.9. The second-order valence-corrected chi connectivity index (χ2v) is 5.52. The van der Waals surface area contributed by atoms with E-state index in [1.807, 2.05) is 0 Å². The molecule has 1 rings (SSSR count). The van der Waals surface area contributed by atoms with Crippen molar-refractivity contribution in [1.82, 2.24) is 20.4 Å². The summed E-state index contributed by atoms with van der Waals surface area (Å²) >= 11 is 0. The number of alkyl halides is 3. The maximum Gasteiger partial charge on any atom is 0.401 e. The lowest BCUT2D eigenvalue weighted by Crippen LogP contribution is -2.45. The van der Waals surface area contributed by atoms with Gasteiger partial charge >= 0.3 is 6.18 Å². The van der Waals surface area contributed by atoms with Gasteiger partial charge in [-0.25, -0.2) is 0 Å². The summed E-state index contributed by atoms with van der Waals surface area (Å²) in [7, 11) is 4.96. The van der Waals surface area contributed by atoms with Gasteiger partial charge in [-0.15, -0.1) is 24.0 Å². The molecule has 0 bridgehead atoms. The van der Waals surface area contributed by atoms with Crippen LogP contribution in [0.1, 0.15) is 12.8 Å². The smallest absolute Gasteiger partial charge is 0.356 e. The number of likely N-dealkylation sites (tertiary alicyclic amines) is 1. The summed E-state index contributed by atoms with van der Waals surface area (Å²) in [5, 5.41) is 6.09. The van der Waals surface area contributed by atoms with Gasteiger partial charge in [-0.1, -0.05) is 0 Å². The van der Waals surface area contributed by atoms with Gasteiger partial charge in [-0.05, 0) is 6.42 Å². The van der Waals surface area contributed by atoms with Crippen molar-refractivity contribution in [3.8, 4) is 0 Å². The number of hydrogen-bond acceptors (Lipinski definition) is 3.